The fourth-order valence-corrected chi connectivity index (χ4v) is 2.66. The maximum Gasteiger partial charge on any atom is 0.227 e. The van der Waals surface area contributed by atoms with Crippen molar-refractivity contribution in [3.63, 3.8) is 0 Å². The Morgan fingerprint density at radius 3 is 2.88 bits per heavy atom. The first-order chi connectivity index (χ1) is 8.16. The summed E-state index contributed by atoms with van der Waals surface area (Å²) >= 11 is 1.74. The van der Waals surface area contributed by atoms with Crippen LogP contribution in [0.3, 0.4) is 0 Å². The molecular weight excluding hydrogens is 236 g/mol. The Balaban J connectivity index is 1.85. The van der Waals surface area contributed by atoms with E-state index in [4.69, 9.17) is 4.52 Å². The van der Waals surface area contributed by atoms with Gasteiger partial charge in [0.25, 0.3) is 0 Å². The Bertz CT molecular complexity index is 466. The van der Waals surface area contributed by atoms with Gasteiger partial charge in [-0.3, -0.25) is 0 Å². The molecule has 92 valence electrons. The molecule has 1 unspecified atom stereocenters. The Labute approximate surface area is 104 Å². The molecule has 0 spiro atoms. The molecule has 1 N–H and O–H groups in total. The van der Waals surface area contributed by atoms with Gasteiger partial charge in [-0.05, 0) is 20.8 Å². The van der Waals surface area contributed by atoms with E-state index in [1.807, 2.05) is 6.92 Å². The van der Waals surface area contributed by atoms with Crippen LogP contribution in [0, 0.1) is 13.8 Å². The Morgan fingerprint density at radius 1 is 1.47 bits per heavy atom. The largest absolute Gasteiger partial charge is 0.340 e. The van der Waals surface area contributed by atoms with E-state index in [1.165, 1.54) is 11.2 Å². The van der Waals surface area contributed by atoms with Crippen molar-refractivity contribution in [2.24, 2.45) is 0 Å². The van der Waals surface area contributed by atoms with Crippen molar-refractivity contribution >= 4 is 11.3 Å². The molecule has 0 fully saturated rings. The molecule has 0 amide bonds. The predicted molar refractivity (Wildman–Crippen MR) is 66.0 cm³/mol. The summed E-state index contributed by atoms with van der Waals surface area (Å²) in [6.45, 7) is 7.07. The smallest absolute Gasteiger partial charge is 0.227 e. The van der Waals surface area contributed by atoms with E-state index in [0.29, 0.717) is 5.89 Å². The average Bonchev–Trinajstić information content (AvgIpc) is 2.88. The lowest BCUT2D eigenvalue weighted by molar-refractivity contribution is 0.372. The molecule has 6 heteroatoms. The maximum absolute atomic E-state index is 4.93. The summed E-state index contributed by atoms with van der Waals surface area (Å²) in [6.07, 6.45) is 2.17. The van der Waals surface area contributed by atoms with E-state index < -0.39 is 0 Å². The SMILES string of the molecule is Cc1nc(C(C)NCCc2ncno2)c(C)s1. The molecule has 0 saturated carbocycles. The first kappa shape index (κ1) is 12.2. The molecule has 0 aromatic carbocycles. The summed E-state index contributed by atoms with van der Waals surface area (Å²) in [7, 11) is 0. The van der Waals surface area contributed by atoms with Gasteiger partial charge in [-0.25, -0.2) is 4.98 Å². The van der Waals surface area contributed by atoms with Crippen molar-refractivity contribution in [3.05, 3.63) is 27.8 Å². The lowest BCUT2D eigenvalue weighted by Crippen LogP contribution is -2.22. The molecule has 0 aliphatic carbocycles. The highest BCUT2D eigenvalue weighted by atomic mass is 32.1. The molecule has 2 aromatic heterocycles. The predicted octanol–water partition coefficient (Wildman–Crippen LogP) is 2.04. The van der Waals surface area contributed by atoms with Crippen LogP contribution < -0.4 is 5.32 Å². The van der Waals surface area contributed by atoms with Crippen molar-refractivity contribution in [1.82, 2.24) is 20.4 Å². The normalized spacial score (nSPS) is 12.9. The van der Waals surface area contributed by atoms with E-state index in [-0.39, 0.29) is 6.04 Å². The average molecular weight is 252 g/mol. The van der Waals surface area contributed by atoms with Gasteiger partial charge < -0.3 is 9.84 Å². The molecule has 2 aromatic rings. The molecule has 0 aliphatic rings. The lowest BCUT2D eigenvalue weighted by Gasteiger charge is -2.11. The van der Waals surface area contributed by atoms with Gasteiger partial charge in [0.1, 0.15) is 0 Å². The number of hydrogen-bond donors (Lipinski definition) is 1. The standard InChI is InChI=1S/C11H16N4OS/c1-7(11-8(2)17-9(3)15-11)12-5-4-10-13-6-14-16-10/h6-7,12H,4-5H2,1-3H3. The zero-order chi connectivity index (χ0) is 12.3. The number of hydrogen-bond acceptors (Lipinski definition) is 6. The Morgan fingerprint density at radius 2 is 2.29 bits per heavy atom. The molecule has 17 heavy (non-hydrogen) atoms. The fourth-order valence-electron chi connectivity index (χ4n) is 1.75. The van der Waals surface area contributed by atoms with E-state index >= 15 is 0 Å². The summed E-state index contributed by atoms with van der Waals surface area (Å²) < 4.78 is 4.93. The highest BCUT2D eigenvalue weighted by molar-refractivity contribution is 7.11. The van der Waals surface area contributed by atoms with Crippen LogP contribution in [-0.4, -0.2) is 21.7 Å². The fraction of sp³-hybridized carbons (Fsp3) is 0.545. The van der Waals surface area contributed by atoms with E-state index in [1.54, 1.807) is 11.3 Å². The summed E-state index contributed by atoms with van der Waals surface area (Å²) in [5, 5.41) is 8.09. The molecule has 0 radical (unpaired) electrons. The number of nitrogens with one attached hydrogen (secondary N) is 1. The number of rotatable bonds is 5. The lowest BCUT2D eigenvalue weighted by atomic mass is 10.2. The van der Waals surface area contributed by atoms with Crippen molar-refractivity contribution in [1.29, 1.82) is 0 Å². The van der Waals surface area contributed by atoms with Gasteiger partial charge in [0.05, 0.1) is 10.7 Å². The van der Waals surface area contributed by atoms with Gasteiger partial charge in [0.15, 0.2) is 6.33 Å². The summed E-state index contributed by atoms with van der Waals surface area (Å²) in [4.78, 5) is 9.78. The van der Waals surface area contributed by atoms with Gasteiger partial charge in [-0.1, -0.05) is 5.16 Å². The molecule has 5 nitrogen and oxygen atoms in total. The van der Waals surface area contributed by atoms with E-state index in [9.17, 15) is 0 Å². The third-order valence-electron chi connectivity index (χ3n) is 2.55. The number of aryl methyl sites for hydroxylation is 2. The van der Waals surface area contributed by atoms with Crippen LogP contribution in [0.15, 0.2) is 10.9 Å². The first-order valence-electron chi connectivity index (χ1n) is 5.59. The second-order valence-electron chi connectivity index (χ2n) is 3.94. The Hall–Kier alpha value is -1.27. The van der Waals surface area contributed by atoms with Crippen LogP contribution in [0.2, 0.25) is 0 Å². The minimum atomic E-state index is 0.253. The van der Waals surface area contributed by atoms with Gasteiger partial charge in [0.2, 0.25) is 5.89 Å². The highest BCUT2D eigenvalue weighted by Crippen LogP contribution is 2.22. The summed E-state index contributed by atoms with van der Waals surface area (Å²) in [6, 6.07) is 0.253. The molecule has 2 rings (SSSR count). The van der Waals surface area contributed by atoms with Crippen LogP contribution >= 0.6 is 11.3 Å². The Kier molecular flexibility index (Phi) is 3.86. The first-order valence-corrected chi connectivity index (χ1v) is 6.41. The van der Waals surface area contributed by atoms with Gasteiger partial charge in [0, 0.05) is 23.9 Å². The minimum Gasteiger partial charge on any atom is -0.340 e. The molecule has 2 heterocycles. The van der Waals surface area contributed by atoms with Crippen molar-refractivity contribution in [2.75, 3.05) is 6.54 Å². The molecule has 0 saturated heterocycles. The summed E-state index contributed by atoms with van der Waals surface area (Å²) in [5.74, 6) is 0.663. The number of aromatic nitrogens is 3. The second kappa shape index (κ2) is 5.37. The van der Waals surface area contributed by atoms with E-state index in [0.717, 1.165) is 23.7 Å². The third-order valence-corrected chi connectivity index (χ3v) is 3.45. The van der Waals surface area contributed by atoms with Gasteiger partial charge in [-0.2, -0.15) is 4.98 Å². The molecular formula is C11H16N4OS. The van der Waals surface area contributed by atoms with Gasteiger partial charge in [-0.15, -0.1) is 11.3 Å². The highest BCUT2D eigenvalue weighted by Gasteiger charge is 2.12. The van der Waals surface area contributed by atoms with Crippen LogP contribution in [0.4, 0.5) is 0 Å². The third kappa shape index (κ3) is 3.10. The molecule has 0 bridgehead atoms. The minimum absolute atomic E-state index is 0.253. The van der Waals surface area contributed by atoms with Crippen molar-refractivity contribution in [3.8, 4) is 0 Å². The van der Waals surface area contributed by atoms with Crippen LogP contribution in [-0.2, 0) is 6.42 Å². The van der Waals surface area contributed by atoms with E-state index in [2.05, 4.69) is 34.3 Å². The number of thiazole rings is 1. The van der Waals surface area contributed by atoms with Crippen LogP contribution in [0.25, 0.3) is 0 Å². The van der Waals surface area contributed by atoms with Crippen molar-refractivity contribution < 1.29 is 4.52 Å². The van der Waals surface area contributed by atoms with Crippen LogP contribution in [0.5, 0.6) is 0 Å². The molecule has 1 atom stereocenters. The topological polar surface area (TPSA) is 63.8 Å². The molecule has 0 aliphatic heterocycles. The maximum atomic E-state index is 4.93. The zero-order valence-electron chi connectivity index (χ0n) is 10.2. The van der Waals surface area contributed by atoms with Gasteiger partial charge >= 0.3 is 0 Å². The number of nitrogens with zero attached hydrogens (tertiary/aromatic N) is 3. The monoisotopic (exact) mass is 252 g/mol. The van der Waals surface area contributed by atoms with Crippen molar-refractivity contribution in [2.45, 2.75) is 33.2 Å². The van der Waals surface area contributed by atoms with Crippen LogP contribution in [0.1, 0.15) is 34.4 Å². The quantitative estimate of drug-likeness (QED) is 0.882. The second-order valence-corrected chi connectivity index (χ2v) is 5.34. The summed E-state index contributed by atoms with van der Waals surface area (Å²) in [5.41, 5.74) is 1.14. The zero-order valence-corrected chi connectivity index (χ0v) is 11.0.